The first-order valence-electron chi connectivity index (χ1n) is 7.79. The van der Waals surface area contributed by atoms with Crippen LogP contribution < -0.4 is 0 Å². The van der Waals surface area contributed by atoms with E-state index in [4.69, 9.17) is 0 Å². The van der Waals surface area contributed by atoms with Gasteiger partial charge < -0.3 is 0 Å². The summed E-state index contributed by atoms with van der Waals surface area (Å²) in [6, 6.07) is 16.6. The Balaban J connectivity index is 2.19. The summed E-state index contributed by atoms with van der Waals surface area (Å²) in [5.41, 5.74) is 4.64. The van der Waals surface area contributed by atoms with Gasteiger partial charge in [-0.25, -0.2) is 0 Å². The number of benzene rings is 2. The predicted octanol–water partition coefficient (Wildman–Crippen LogP) is 6.70. The third-order valence-corrected chi connectivity index (χ3v) is 3.73. The van der Waals surface area contributed by atoms with Crippen molar-refractivity contribution in [2.45, 2.75) is 52.4 Å². The number of rotatable bonds is 2. The van der Waals surface area contributed by atoms with Crippen molar-refractivity contribution in [2.75, 3.05) is 0 Å². The third-order valence-electron chi connectivity index (χ3n) is 3.73. The molecule has 2 nitrogen and oxygen atoms in total. The highest BCUT2D eigenvalue weighted by molar-refractivity contribution is 5.44. The molecule has 0 saturated heterocycles. The fraction of sp³-hybridized carbons (Fsp3) is 0.400. The minimum Gasteiger partial charge on any atom is -0.151 e. The number of azo groups is 1. The molecule has 0 amide bonds. The lowest BCUT2D eigenvalue weighted by molar-refractivity contribution is 0.590. The standard InChI is InChI=1S/C20H26N2/c1-19(2,3)15-10-12-17(13-11-15)21-22-18-9-7-8-16(14-18)20(4,5)6/h7-14H,1-6H3. The van der Waals surface area contributed by atoms with Crippen molar-refractivity contribution in [1.82, 2.24) is 0 Å². The topological polar surface area (TPSA) is 24.7 Å². The Morgan fingerprint density at radius 3 is 1.68 bits per heavy atom. The maximum atomic E-state index is 4.37. The summed E-state index contributed by atoms with van der Waals surface area (Å²) in [5, 5.41) is 8.72. The zero-order valence-electron chi connectivity index (χ0n) is 14.5. The van der Waals surface area contributed by atoms with E-state index in [0.717, 1.165) is 11.4 Å². The van der Waals surface area contributed by atoms with Gasteiger partial charge in [0.25, 0.3) is 0 Å². The van der Waals surface area contributed by atoms with E-state index in [1.807, 2.05) is 24.3 Å². The van der Waals surface area contributed by atoms with Crippen molar-refractivity contribution >= 4 is 11.4 Å². The lowest BCUT2D eigenvalue weighted by Crippen LogP contribution is -2.10. The molecule has 0 fully saturated rings. The van der Waals surface area contributed by atoms with Gasteiger partial charge in [0.05, 0.1) is 11.4 Å². The molecule has 2 heteroatoms. The molecule has 0 heterocycles. The van der Waals surface area contributed by atoms with Crippen LogP contribution in [0, 0.1) is 0 Å². The van der Waals surface area contributed by atoms with E-state index in [1.54, 1.807) is 0 Å². The normalized spacial score (nSPS) is 12.8. The Hall–Kier alpha value is -1.96. The first-order chi connectivity index (χ1) is 10.2. The number of nitrogens with zero attached hydrogens (tertiary/aromatic N) is 2. The van der Waals surface area contributed by atoms with Crippen LogP contribution in [-0.2, 0) is 10.8 Å². The van der Waals surface area contributed by atoms with Crippen molar-refractivity contribution in [3.8, 4) is 0 Å². The van der Waals surface area contributed by atoms with E-state index < -0.39 is 0 Å². The summed E-state index contributed by atoms with van der Waals surface area (Å²) in [6.07, 6.45) is 0. The number of hydrogen-bond donors (Lipinski definition) is 0. The van der Waals surface area contributed by atoms with Crippen LogP contribution in [0.5, 0.6) is 0 Å². The summed E-state index contributed by atoms with van der Waals surface area (Å²) in [4.78, 5) is 0. The van der Waals surface area contributed by atoms with Gasteiger partial charge in [-0.3, -0.25) is 0 Å². The van der Waals surface area contributed by atoms with Crippen LogP contribution in [0.25, 0.3) is 0 Å². The molecule has 0 aromatic heterocycles. The smallest absolute Gasteiger partial charge is 0.0860 e. The monoisotopic (exact) mass is 294 g/mol. The second kappa shape index (κ2) is 6.04. The molecule has 0 unspecified atom stereocenters. The molecule has 2 aromatic rings. The zero-order valence-corrected chi connectivity index (χ0v) is 14.5. The molecular formula is C20H26N2. The molecular weight excluding hydrogens is 268 g/mol. The summed E-state index contributed by atoms with van der Waals surface area (Å²) in [5.74, 6) is 0. The van der Waals surface area contributed by atoms with Crippen molar-refractivity contribution in [1.29, 1.82) is 0 Å². The Labute approximate surface area is 134 Å². The molecule has 0 aliphatic heterocycles. The van der Waals surface area contributed by atoms with Gasteiger partial charge in [0.2, 0.25) is 0 Å². The van der Waals surface area contributed by atoms with Crippen molar-refractivity contribution in [3.05, 3.63) is 59.7 Å². The van der Waals surface area contributed by atoms with E-state index in [-0.39, 0.29) is 10.8 Å². The lowest BCUT2D eigenvalue weighted by Gasteiger charge is -2.19. The van der Waals surface area contributed by atoms with Crippen LogP contribution in [0.1, 0.15) is 52.7 Å². The zero-order chi connectivity index (χ0) is 16.4. The van der Waals surface area contributed by atoms with Crippen molar-refractivity contribution in [3.63, 3.8) is 0 Å². The fourth-order valence-electron chi connectivity index (χ4n) is 2.18. The van der Waals surface area contributed by atoms with Gasteiger partial charge in [0, 0.05) is 0 Å². The predicted molar refractivity (Wildman–Crippen MR) is 94.5 cm³/mol. The molecule has 2 aromatic carbocycles. The Bertz CT molecular complexity index is 653. The van der Waals surface area contributed by atoms with E-state index in [2.05, 4.69) is 76.0 Å². The molecule has 0 radical (unpaired) electrons. The van der Waals surface area contributed by atoms with Gasteiger partial charge in [-0.1, -0.05) is 65.8 Å². The first-order valence-corrected chi connectivity index (χ1v) is 7.79. The van der Waals surface area contributed by atoms with E-state index >= 15 is 0 Å². The molecule has 2 rings (SSSR count). The van der Waals surface area contributed by atoms with Crippen molar-refractivity contribution in [2.24, 2.45) is 10.2 Å². The number of hydrogen-bond acceptors (Lipinski definition) is 2. The maximum Gasteiger partial charge on any atom is 0.0860 e. The minimum absolute atomic E-state index is 0.125. The molecule has 0 atom stereocenters. The first kappa shape index (κ1) is 16.4. The van der Waals surface area contributed by atoms with Crippen LogP contribution in [-0.4, -0.2) is 0 Å². The fourth-order valence-corrected chi connectivity index (χ4v) is 2.18. The summed E-state index contributed by atoms with van der Waals surface area (Å²) in [7, 11) is 0. The third kappa shape index (κ3) is 4.27. The van der Waals surface area contributed by atoms with Crippen LogP contribution in [0.15, 0.2) is 58.8 Å². The molecule has 0 aliphatic carbocycles. The Morgan fingerprint density at radius 1 is 0.591 bits per heavy atom. The second-order valence-electron chi connectivity index (χ2n) is 7.80. The van der Waals surface area contributed by atoms with E-state index in [0.29, 0.717) is 0 Å². The lowest BCUT2D eigenvalue weighted by atomic mass is 9.87. The molecule has 22 heavy (non-hydrogen) atoms. The maximum absolute atomic E-state index is 4.37. The SMILES string of the molecule is CC(C)(C)c1ccc(N=Nc2cccc(C(C)(C)C)c2)cc1. The van der Waals surface area contributed by atoms with Gasteiger partial charge in [0.15, 0.2) is 0 Å². The second-order valence-corrected chi connectivity index (χ2v) is 7.80. The minimum atomic E-state index is 0.125. The highest BCUT2D eigenvalue weighted by atomic mass is 15.1. The molecule has 0 spiro atoms. The van der Waals surface area contributed by atoms with E-state index in [9.17, 15) is 0 Å². The van der Waals surface area contributed by atoms with Gasteiger partial charge >= 0.3 is 0 Å². The van der Waals surface area contributed by atoms with Crippen molar-refractivity contribution < 1.29 is 0 Å². The van der Waals surface area contributed by atoms with E-state index in [1.165, 1.54) is 11.1 Å². The van der Waals surface area contributed by atoms with Crippen LogP contribution >= 0.6 is 0 Å². The summed E-state index contributed by atoms with van der Waals surface area (Å²) >= 11 is 0. The van der Waals surface area contributed by atoms with Gasteiger partial charge in [0.1, 0.15) is 0 Å². The molecule has 116 valence electrons. The molecule has 0 bridgehead atoms. The van der Waals surface area contributed by atoms with Crippen LogP contribution in [0.3, 0.4) is 0 Å². The quantitative estimate of drug-likeness (QED) is 0.551. The highest BCUT2D eigenvalue weighted by Crippen LogP contribution is 2.28. The largest absolute Gasteiger partial charge is 0.151 e. The average molecular weight is 294 g/mol. The van der Waals surface area contributed by atoms with Gasteiger partial charge in [-0.05, 0) is 46.2 Å². The van der Waals surface area contributed by atoms with Gasteiger partial charge in [-0.2, -0.15) is 10.2 Å². The van der Waals surface area contributed by atoms with Gasteiger partial charge in [-0.15, -0.1) is 0 Å². The van der Waals surface area contributed by atoms with Crippen LogP contribution in [0.2, 0.25) is 0 Å². The molecule has 0 aliphatic rings. The summed E-state index contributed by atoms with van der Waals surface area (Å²) < 4.78 is 0. The Morgan fingerprint density at radius 2 is 1.14 bits per heavy atom. The average Bonchev–Trinajstić information content (AvgIpc) is 2.44. The summed E-state index contributed by atoms with van der Waals surface area (Å²) in [6.45, 7) is 13.2. The van der Waals surface area contributed by atoms with Crippen LogP contribution in [0.4, 0.5) is 11.4 Å². The highest BCUT2D eigenvalue weighted by Gasteiger charge is 2.14. The molecule has 0 saturated carbocycles. The Kier molecular flexibility index (Phi) is 4.50. The molecule has 0 N–H and O–H groups in total.